The predicted molar refractivity (Wildman–Crippen MR) is 68.9 cm³/mol. The van der Waals surface area contributed by atoms with Crippen LogP contribution in [0.2, 0.25) is 0 Å². The van der Waals surface area contributed by atoms with Crippen molar-refractivity contribution in [2.75, 3.05) is 0 Å². The van der Waals surface area contributed by atoms with Gasteiger partial charge in [0.15, 0.2) is 0 Å². The SMILES string of the molecule is CCn1cc(Cn2ccnc2)c2ccccc21. The minimum absolute atomic E-state index is 0.882. The van der Waals surface area contributed by atoms with Crippen LogP contribution in [0.15, 0.2) is 49.2 Å². The minimum atomic E-state index is 0.882. The van der Waals surface area contributed by atoms with Crippen molar-refractivity contribution in [3.05, 3.63) is 54.7 Å². The van der Waals surface area contributed by atoms with Gasteiger partial charge in [0, 0.05) is 36.0 Å². The normalized spacial score (nSPS) is 11.1. The molecule has 0 radical (unpaired) electrons. The molecule has 0 spiro atoms. The second-order valence-corrected chi connectivity index (χ2v) is 4.19. The number of aryl methyl sites for hydroxylation is 1. The number of imidazole rings is 1. The maximum atomic E-state index is 4.08. The third kappa shape index (κ3) is 1.73. The van der Waals surface area contributed by atoms with E-state index in [0.29, 0.717) is 0 Å². The lowest BCUT2D eigenvalue weighted by Crippen LogP contribution is -1.95. The monoisotopic (exact) mass is 225 g/mol. The zero-order valence-electron chi connectivity index (χ0n) is 9.87. The van der Waals surface area contributed by atoms with Crippen LogP contribution in [0.5, 0.6) is 0 Å². The molecule has 0 amide bonds. The standard InChI is InChI=1S/C14H15N3/c1-2-17-10-12(9-16-8-7-15-11-16)13-5-3-4-6-14(13)17/h3-8,10-11H,2,9H2,1H3. The molecule has 0 unspecified atom stereocenters. The molecular weight excluding hydrogens is 210 g/mol. The lowest BCUT2D eigenvalue weighted by molar-refractivity contribution is 0.768. The van der Waals surface area contributed by atoms with Gasteiger partial charge in [0.25, 0.3) is 0 Å². The smallest absolute Gasteiger partial charge is 0.0949 e. The molecule has 0 N–H and O–H groups in total. The Labute approximate surface area is 100 Å². The molecule has 2 heterocycles. The van der Waals surface area contributed by atoms with Crippen LogP contribution in [0, 0.1) is 0 Å². The highest BCUT2D eigenvalue weighted by molar-refractivity contribution is 5.83. The summed E-state index contributed by atoms with van der Waals surface area (Å²) in [4.78, 5) is 4.08. The van der Waals surface area contributed by atoms with Gasteiger partial charge in [-0.15, -0.1) is 0 Å². The number of fused-ring (bicyclic) bond motifs is 1. The van der Waals surface area contributed by atoms with Crippen LogP contribution in [0.1, 0.15) is 12.5 Å². The molecule has 3 rings (SSSR count). The molecule has 86 valence electrons. The molecule has 0 fully saturated rings. The number of hydrogen-bond donors (Lipinski definition) is 0. The van der Waals surface area contributed by atoms with E-state index in [0.717, 1.165) is 13.1 Å². The van der Waals surface area contributed by atoms with Crippen molar-refractivity contribution in [1.82, 2.24) is 14.1 Å². The van der Waals surface area contributed by atoms with E-state index in [-0.39, 0.29) is 0 Å². The van der Waals surface area contributed by atoms with Crippen LogP contribution in [-0.2, 0) is 13.1 Å². The second kappa shape index (κ2) is 4.09. The van der Waals surface area contributed by atoms with Gasteiger partial charge in [-0.25, -0.2) is 4.98 Å². The summed E-state index contributed by atoms with van der Waals surface area (Å²) in [5, 5.41) is 1.34. The second-order valence-electron chi connectivity index (χ2n) is 4.19. The van der Waals surface area contributed by atoms with Crippen LogP contribution in [0.3, 0.4) is 0 Å². The fraction of sp³-hybridized carbons (Fsp3) is 0.214. The molecule has 3 nitrogen and oxygen atoms in total. The van der Waals surface area contributed by atoms with E-state index in [1.54, 1.807) is 0 Å². The summed E-state index contributed by atoms with van der Waals surface area (Å²) in [6.07, 6.45) is 7.92. The molecule has 0 aliphatic rings. The maximum absolute atomic E-state index is 4.08. The Balaban J connectivity index is 2.10. The van der Waals surface area contributed by atoms with Gasteiger partial charge in [-0.2, -0.15) is 0 Å². The van der Waals surface area contributed by atoms with Crippen LogP contribution in [0.25, 0.3) is 10.9 Å². The van der Waals surface area contributed by atoms with Crippen molar-refractivity contribution >= 4 is 10.9 Å². The molecule has 0 saturated heterocycles. The summed E-state index contributed by atoms with van der Waals surface area (Å²) < 4.78 is 4.39. The zero-order chi connectivity index (χ0) is 11.7. The fourth-order valence-electron chi connectivity index (χ4n) is 2.29. The van der Waals surface area contributed by atoms with E-state index in [2.05, 4.69) is 51.5 Å². The Morgan fingerprint density at radius 2 is 2.12 bits per heavy atom. The van der Waals surface area contributed by atoms with E-state index in [1.807, 2.05) is 18.7 Å². The lowest BCUT2D eigenvalue weighted by atomic mass is 10.2. The highest BCUT2D eigenvalue weighted by Gasteiger charge is 2.06. The predicted octanol–water partition coefficient (Wildman–Crippen LogP) is 2.91. The Morgan fingerprint density at radius 1 is 1.24 bits per heavy atom. The van der Waals surface area contributed by atoms with Gasteiger partial charge < -0.3 is 9.13 Å². The summed E-state index contributed by atoms with van der Waals surface area (Å²) in [5.74, 6) is 0. The average Bonchev–Trinajstić information content (AvgIpc) is 2.98. The number of aromatic nitrogens is 3. The van der Waals surface area contributed by atoms with Gasteiger partial charge in [-0.1, -0.05) is 18.2 Å². The zero-order valence-corrected chi connectivity index (χ0v) is 9.87. The van der Waals surface area contributed by atoms with Crippen molar-refractivity contribution in [2.45, 2.75) is 20.0 Å². The van der Waals surface area contributed by atoms with Gasteiger partial charge in [0.2, 0.25) is 0 Å². The molecule has 0 atom stereocenters. The topological polar surface area (TPSA) is 22.8 Å². The molecule has 3 heteroatoms. The molecule has 0 bridgehead atoms. The summed E-state index contributed by atoms with van der Waals surface area (Å²) in [7, 11) is 0. The molecule has 17 heavy (non-hydrogen) atoms. The molecule has 1 aromatic carbocycles. The van der Waals surface area contributed by atoms with E-state index >= 15 is 0 Å². The summed E-state index contributed by atoms with van der Waals surface area (Å²) >= 11 is 0. The number of hydrogen-bond acceptors (Lipinski definition) is 1. The highest BCUT2D eigenvalue weighted by atomic mass is 15.0. The van der Waals surface area contributed by atoms with E-state index in [1.165, 1.54) is 16.5 Å². The summed E-state index contributed by atoms with van der Waals surface area (Å²) in [6.45, 7) is 4.06. The fourth-order valence-corrected chi connectivity index (χ4v) is 2.29. The molecule has 0 aliphatic heterocycles. The van der Waals surface area contributed by atoms with Gasteiger partial charge in [0.05, 0.1) is 12.9 Å². The molecule has 2 aromatic heterocycles. The molecule has 0 saturated carbocycles. The largest absolute Gasteiger partial charge is 0.347 e. The van der Waals surface area contributed by atoms with Gasteiger partial charge in [0.1, 0.15) is 0 Å². The third-order valence-corrected chi connectivity index (χ3v) is 3.12. The molecule has 3 aromatic rings. The maximum Gasteiger partial charge on any atom is 0.0949 e. The van der Waals surface area contributed by atoms with Gasteiger partial charge in [-0.3, -0.25) is 0 Å². The van der Waals surface area contributed by atoms with E-state index in [9.17, 15) is 0 Å². The number of para-hydroxylation sites is 1. The van der Waals surface area contributed by atoms with Crippen LogP contribution < -0.4 is 0 Å². The van der Waals surface area contributed by atoms with E-state index in [4.69, 9.17) is 0 Å². The third-order valence-electron chi connectivity index (χ3n) is 3.12. The van der Waals surface area contributed by atoms with Crippen LogP contribution in [-0.4, -0.2) is 14.1 Å². The first-order valence-electron chi connectivity index (χ1n) is 5.91. The van der Waals surface area contributed by atoms with Crippen molar-refractivity contribution in [1.29, 1.82) is 0 Å². The minimum Gasteiger partial charge on any atom is -0.347 e. The van der Waals surface area contributed by atoms with Crippen molar-refractivity contribution in [3.63, 3.8) is 0 Å². The first-order chi connectivity index (χ1) is 8.38. The first-order valence-corrected chi connectivity index (χ1v) is 5.91. The van der Waals surface area contributed by atoms with Gasteiger partial charge >= 0.3 is 0 Å². The lowest BCUT2D eigenvalue weighted by Gasteiger charge is -1.99. The Hall–Kier alpha value is -2.03. The summed E-state index contributed by atoms with van der Waals surface area (Å²) in [5.41, 5.74) is 2.66. The summed E-state index contributed by atoms with van der Waals surface area (Å²) in [6, 6.07) is 8.55. The number of rotatable bonds is 3. The number of nitrogens with zero attached hydrogens (tertiary/aromatic N) is 3. The quantitative estimate of drug-likeness (QED) is 0.672. The Kier molecular flexibility index (Phi) is 2.44. The van der Waals surface area contributed by atoms with Crippen molar-refractivity contribution in [3.8, 4) is 0 Å². The van der Waals surface area contributed by atoms with Crippen molar-refractivity contribution < 1.29 is 0 Å². The van der Waals surface area contributed by atoms with Gasteiger partial charge in [-0.05, 0) is 18.6 Å². The average molecular weight is 225 g/mol. The van der Waals surface area contributed by atoms with Crippen molar-refractivity contribution in [2.24, 2.45) is 0 Å². The Bertz CT molecular complexity index is 620. The molecule has 0 aliphatic carbocycles. The van der Waals surface area contributed by atoms with Crippen LogP contribution >= 0.6 is 0 Å². The van der Waals surface area contributed by atoms with E-state index < -0.39 is 0 Å². The first kappa shape index (κ1) is 10.1. The molecular formula is C14H15N3. The Morgan fingerprint density at radius 3 is 2.88 bits per heavy atom. The van der Waals surface area contributed by atoms with Crippen LogP contribution in [0.4, 0.5) is 0 Å². The highest BCUT2D eigenvalue weighted by Crippen LogP contribution is 2.21. The number of benzene rings is 1.